The molecule has 0 radical (unpaired) electrons. The van der Waals surface area contributed by atoms with Crippen LogP contribution in [0.1, 0.15) is 5.56 Å². The first kappa shape index (κ1) is 11.3. The lowest BCUT2D eigenvalue weighted by atomic mass is 10.2. The molecule has 3 N–H and O–H groups in total. The van der Waals surface area contributed by atoms with E-state index in [0.717, 1.165) is 17.8 Å². The molecule has 0 saturated heterocycles. The van der Waals surface area contributed by atoms with Gasteiger partial charge in [-0.3, -0.25) is 0 Å². The molecule has 14 heavy (non-hydrogen) atoms. The van der Waals surface area contributed by atoms with Gasteiger partial charge in [0.15, 0.2) is 0 Å². The molecule has 0 bridgehead atoms. The average Bonchev–Trinajstić information content (AvgIpc) is 2.20. The van der Waals surface area contributed by atoms with Gasteiger partial charge in [-0.15, -0.1) is 0 Å². The number of halogens is 1. The summed E-state index contributed by atoms with van der Waals surface area (Å²) in [6.45, 7) is 1.92. The van der Waals surface area contributed by atoms with Crippen LogP contribution in [0.4, 0.5) is 5.69 Å². The Labute approximate surface area is 89.2 Å². The van der Waals surface area contributed by atoms with Crippen molar-refractivity contribution in [1.29, 1.82) is 0 Å². The fourth-order valence-corrected chi connectivity index (χ4v) is 1.39. The van der Waals surface area contributed by atoms with Crippen LogP contribution in [0, 0.1) is 0 Å². The highest BCUT2D eigenvalue weighted by Crippen LogP contribution is 2.19. The van der Waals surface area contributed by atoms with E-state index in [1.54, 1.807) is 7.11 Å². The second-order valence-corrected chi connectivity index (χ2v) is 3.36. The molecule has 0 aliphatic carbocycles. The van der Waals surface area contributed by atoms with Gasteiger partial charge in [-0.05, 0) is 23.8 Å². The van der Waals surface area contributed by atoms with Gasteiger partial charge in [0.1, 0.15) is 0 Å². The van der Waals surface area contributed by atoms with Crippen molar-refractivity contribution in [1.82, 2.24) is 0 Å². The third-order valence-corrected chi connectivity index (χ3v) is 2.14. The molecule has 0 aliphatic heterocycles. The Bertz CT molecular complexity index is 291. The highest BCUT2D eigenvalue weighted by Gasteiger charge is 2.00. The van der Waals surface area contributed by atoms with Crippen molar-refractivity contribution in [3.63, 3.8) is 0 Å². The minimum Gasteiger partial charge on any atom is -0.383 e. The zero-order valence-electron chi connectivity index (χ0n) is 8.22. The van der Waals surface area contributed by atoms with Gasteiger partial charge in [0.05, 0.1) is 6.61 Å². The van der Waals surface area contributed by atoms with Crippen molar-refractivity contribution in [2.75, 3.05) is 25.6 Å². The predicted molar refractivity (Wildman–Crippen MR) is 59.7 cm³/mol. The van der Waals surface area contributed by atoms with Crippen LogP contribution in [-0.4, -0.2) is 20.3 Å². The van der Waals surface area contributed by atoms with Crippen molar-refractivity contribution in [2.24, 2.45) is 5.73 Å². The molecule has 0 amide bonds. The monoisotopic (exact) mass is 214 g/mol. The second kappa shape index (κ2) is 5.86. The van der Waals surface area contributed by atoms with Crippen LogP contribution in [0.15, 0.2) is 18.2 Å². The average molecular weight is 215 g/mol. The van der Waals surface area contributed by atoms with Gasteiger partial charge in [0.25, 0.3) is 0 Å². The van der Waals surface area contributed by atoms with Crippen LogP contribution in [0.25, 0.3) is 0 Å². The van der Waals surface area contributed by atoms with Gasteiger partial charge in [-0.2, -0.15) is 0 Å². The first-order valence-electron chi connectivity index (χ1n) is 4.49. The lowest BCUT2D eigenvalue weighted by Crippen LogP contribution is -2.10. The van der Waals surface area contributed by atoms with Gasteiger partial charge in [0.2, 0.25) is 0 Å². The summed E-state index contributed by atoms with van der Waals surface area (Å²) in [5.41, 5.74) is 7.64. The summed E-state index contributed by atoms with van der Waals surface area (Å²) in [5.74, 6) is 0. The topological polar surface area (TPSA) is 47.3 Å². The lowest BCUT2D eigenvalue weighted by Gasteiger charge is -2.10. The molecule has 0 fully saturated rings. The van der Waals surface area contributed by atoms with Gasteiger partial charge >= 0.3 is 0 Å². The molecule has 1 aromatic rings. The Morgan fingerprint density at radius 3 is 2.93 bits per heavy atom. The minimum atomic E-state index is 0.482. The van der Waals surface area contributed by atoms with E-state index in [-0.39, 0.29) is 0 Å². The molecule has 0 aromatic heterocycles. The number of hydrogen-bond donors (Lipinski definition) is 2. The van der Waals surface area contributed by atoms with Gasteiger partial charge in [0, 0.05) is 30.9 Å². The number of nitrogens with two attached hydrogens (primary N) is 1. The van der Waals surface area contributed by atoms with E-state index >= 15 is 0 Å². The van der Waals surface area contributed by atoms with E-state index in [2.05, 4.69) is 5.32 Å². The van der Waals surface area contributed by atoms with Crippen molar-refractivity contribution in [2.45, 2.75) is 6.54 Å². The van der Waals surface area contributed by atoms with E-state index in [4.69, 9.17) is 22.1 Å². The van der Waals surface area contributed by atoms with E-state index < -0.39 is 0 Å². The third-order valence-electron chi connectivity index (χ3n) is 1.91. The number of anilines is 1. The Morgan fingerprint density at radius 2 is 2.29 bits per heavy atom. The molecular formula is C10H15ClN2O. The molecular weight excluding hydrogens is 200 g/mol. The maximum absolute atomic E-state index is 5.85. The van der Waals surface area contributed by atoms with E-state index in [1.807, 2.05) is 18.2 Å². The van der Waals surface area contributed by atoms with Crippen LogP contribution >= 0.6 is 11.6 Å². The van der Waals surface area contributed by atoms with Gasteiger partial charge in [-0.25, -0.2) is 0 Å². The lowest BCUT2D eigenvalue weighted by molar-refractivity contribution is 0.211. The van der Waals surface area contributed by atoms with Crippen molar-refractivity contribution < 1.29 is 4.74 Å². The van der Waals surface area contributed by atoms with Crippen LogP contribution in [-0.2, 0) is 11.3 Å². The van der Waals surface area contributed by atoms with Crippen LogP contribution < -0.4 is 11.1 Å². The van der Waals surface area contributed by atoms with Crippen LogP contribution in [0.5, 0.6) is 0 Å². The molecule has 1 aromatic carbocycles. The Kier molecular flexibility index (Phi) is 4.73. The van der Waals surface area contributed by atoms with Crippen molar-refractivity contribution >= 4 is 17.3 Å². The largest absolute Gasteiger partial charge is 0.383 e. The Balaban J connectivity index is 2.65. The fourth-order valence-electron chi connectivity index (χ4n) is 1.19. The second-order valence-electron chi connectivity index (χ2n) is 2.93. The van der Waals surface area contributed by atoms with E-state index in [0.29, 0.717) is 18.2 Å². The molecule has 0 spiro atoms. The standard InChI is InChI=1S/C10H15ClN2O/c1-14-5-4-13-10-3-2-9(11)6-8(10)7-12/h2-3,6,13H,4-5,7,12H2,1H3. The zero-order valence-corrected chi connectivity index (χ0v) is 8.97. The fraction of sp³-hybridized carbons (Fsp3) is 0.400. The van der Waals surface area contributed by atoms with E-state index in [9.17, 15) is 0 Å². The predicted octanol–water partition coefficient (Wildman–Crippen LogP) is 1.86. The molecule has 0 saturated carbocycles. The zero-order chi connectivity index (χ0) is 10.4. The maximum atomic E-state index is 5.85. The van der Waals surface area contributed by atoms with Gasteiger partial charge < -0.3 is 15.8 Å². The Hall–Kier alpha value is -0.770. The highest BCUT2D eigenvalue weighted by molar-refractivity contribution is 6.30. The number of hydrogen-bond acceptors (Lipinski definition) is 3. The van der Waals surface area contributed by atoms with Crippen molar-refractivity contribution in [3.8, 4) is 0 Å². The van der Waals surface area contributed by atoms with Crippen molar-refractivity contribution in [3.05, 3.63) is 28.8 Å². The summed E-state index contributed by atoms with van der Waals surface area (Å²) < 4.78 is 4.94. The van der Waals surface area contributed by atoms with Gasteiger partial charge in [-0.1, -0.05) is 11.6 Å². The summed E-state index contributed by atoms with van der Waals surface area (Å²) in [7, 11) is 1.67. The maximum Gasteiger partial charge on any atom is 0.0635 e. The summed E-state index contributed by atoms with van der Waals surface area (Å²) >= 11 is 5.85. The Morgan fingerprint density at radius 1 is 1.50 bits per heavy atom. The number of methoxy groups -OCH3 is 1. The molecule has 4 heteroatoms. The number of rotatable bonds is 5. The first-order valence-corrected chi connectivity index (χ1v) is 4.87. The molecule has 3 nitrogen and oxygen atoms in total. The number of ether oxygens (including phenoxy) is 1. The summed E-state index contributed by atoms with van der Waals surface area (Å²) in [4.78, 5) is 0. The summed E-state index contributed by atoms with van der Waals surface area (Å²) in [5, 5.41) is 3.94. The molecule has 0 atom stereocenters. The number of benzene rings is 1. The molecule has 0 aliphatic rings. The highest BCUT2D eigenvalue weighted by atomic mass is 35.5. The first-order chi connectivity index (χ1) is 6.77. The molecule has 0 unspecified atom stereocenters. The van der Waals surface area contributed by atoms with Crippen LogP contribution in [0.2, 0.25) is 5.02 Å². The summed E-state index contributed by atoms with van der Waals surface area (Å²) in [6, 6.07) is 5.65. The SMILES string of the molecule is COCCNc1ccc(Cl)cc1CN. The molecule has 0 heterocycles. The summed E-state index contributed by atoms with van der Waals surface area (Å²) in [6.07, 6.45) is 0. The smallest absolute Gasteiger partial charge is 0.0635 e. The normalized spacial score (nSPS) is 10.2. The number of nitrogens with one attached hydrogen (secondary N) is 1. The quantitative estimate of drug-likeness (QED) is 0.736. The third kappa shape index (κ3) is 3.18. The van der Waals surface area contributed by atoms with Crippen LogP contribution in [0.3, 0.4) is 0 Å². The van der Waals surface area contributed by atoms with E-state index in [1.165, 1.54) is 0 Å². The molecule has 78 valence electrons. The molecule has 1 rings (SSSR count). The minimum absolute atomic E-state index is 0.482.